The van der Waals surface area contributed by atoms with Gasteiger partial charge in [0.15, 0.2) is 11.6 Å². The standard InChI is InChI=1S/C20H22FNO3/c1-14-11-16(8-9-18(14)23)20(24)22-10-4-5-15(12-22)13-25-19-7-3-2-6-17(19)21/h2-3,6-9,11,15,23H,4-5,10,12-13H2,1H3/t15-/m1/s1. The third-order valence-electron chi connectivity index (χ3n) is 4.56. The van der Waals surface area contributed by atoms with Gasteiger partial charge in [0.1, 0.15) is 5.75 Å². The summed E-state index contributed by atoms with van der Waals surface area (Å²) in [5.74, 6) is 0.200. The number of halogens is 1. The Balaban J connectivity index is 1.61. The maximum Gasteiger partial charge on any atom is 0.253 e. The molecular formula is C20H22FNO3. The van der Waals surface area contributed by atoms with Crippen LogP contribution in [0.1, 0.15) is 28.8 Å². The summed E-state index contributed by atoms with van der Waals surface area (Å²) in [4.78, 5) is 14.5. The number of phenolic OH excluding ortho intramolecular Hbond substituents is 1. The molecule has 1 atom stereocenters. The van der Waals surface area contributed by atoms with Crippen molar-refractivity contribution in [2.75, 3.05) is 19.7 Å². The molecule has 1 N–H and O–H groups in total. The first-order valence-electron chi connectivity index (χ1n) is 8.51. The minimum absolute atomic E-state index is 0.0429. The Morgan fingerprint density at radius 1 is 1.32 bits per heavy atom. The predicted octanol–water partition coefficient (Wildman–Crippen LogP) is 3.77. The van der Waals surface area contributed by atoms with Gasteiger partial charge in [-0.05, 0) is 55.7 Å². The number of hydrogen-bond acceptors (Lipinski definition) is 3. The van der Waals surface area contributed by atoms with Crippen LogP contribution in [0.3, 0.4) is 0 Å². The van der Waals surface area contributed by atoms with Gasteiger partial charge in [-0.2, -0.15) is 0 Å². The van der Waals surface area contributed by atoms with Crippen LogP contribution in [0.4, 0.5) is 4.39 Å². The maximum atomic E-state index is 13.6. The van der Waals surface area contributed by atoms with E-state index in [1.165, 1.54) is 6.07 Å². The van der Waals surface area contributed by atoms with E-state index in [1.54, 1.807) is 43.3 Å². The number of para-hydroxylation sites is 1. The summed E-state index contributed by atoms with van der Waals surface area (Å²) >= 11 is 0. The lowest BCUT2D eigenvalue weighted by Crippen LogP contribution is -2.41. The third-order valence-corrected chi connectivity index (χ3v) is 4.56. The number of hydrogen-bond donors (Lipinski definition) is 1. The number of aromatic hydroxyl groups is 1. The molecule has 1 aliphatic rings. The molecule has 1 heterocycles. The number of aryl methyl sites for hydroxylation is 1. The summed E-state index contributed by atoms with van der Waals surface area (Å²) in [6.45, 7) is 3.45. The zero-order valence-corrected chi connectivity index (χ0v) is 14.2. The summed E-state index contributed by atoms with van der Waals surface area (Å²) in [6.07, 6.45) is 1.85. The Labute approximate surface area is 146 Å². The zero-order chi connectivity index (χ0) is 17.8. The molecule has 2 aromatic carbocycles. The molecule has 0 spiro atoms. The van der Waals surface area contributed by atoms with Crippen molar-refractivity contribution in [3.8, 4) is 11.5 Å². The quantitative estimate of drug-likeness (QED) is 0.919. The molecule has 4 nitrogen and oxygen atoms in total. The van der Waals surface area contributed by atoms with Gasteiger partial charge in [-0.3, -0.25) is 4.79 Å². The topological polar surface area (TPSA) is 49.8 Å². The smallest absolute Gasteiger partial charge is 0.253 e. The summed E-state index contributed by atoms with van der Waals surface area (Å²) in [6, 6.07) is 11.2. The fraction of sp³-hybridized carbons (Fsp3) is 0.350. The summed E-state index contributed by atoms with van der Waals surface area (Å²) in [5.41, 5.74) is 1.26. The molecule has 3 rings (SSSR count). The lowest BCUT2D eigenvalue weighted by Gasteiger charge is -2.32. The molecule has 132 valence electrons. The summed E-state index contributed by atoms with van der Waals surface area (Å²) in [5, 5.41) is 9.61. The van der Waals surface area contributed by atoms with Crippen LogP contribution in [-0.4, -0.2) is 35.6 Å². The van der Waals surface area contributed by atoms with E-state index < -0.39 is 0 Å². The fourth-order valence-corrected chi connectivity index (χ4v) is 3.13. The molecule has 0 unspecified atom stereocenters. The minimum Gasteiger partial charge on any atom is -0.508 e. The highest BCUT2D eigenvalue weighted by atomic mass is 19.1. The van der Waals surface area contributed by atoms with E-state index in [-0.39, 0.29) is 29.1 Å². The van der Waals surface area contributed by atoms with Crippen LogP contribution in [0.15, 0.2) is 42.5 Å². The first-order chi connectivity index (χ1) is 12.0. The van der Waals surface area contributed by atoms with E-state index in [1.807, 2.05) is 4.90 Å². The van der Waals surface area contributed by atoms with E-state index in [9.17, 15) is 14.3 Å². The van der Waals surface area contributed by atoms with Crippen molar-refractivity contribution in [1.29, 1.82) is 0 Å². The molecule has 0 radical (unpaired) electrons. The molecule has 1 amide bonds. The van der Waals surface area contributed by atoms with Crippen molar-refractivity contribution in [3.63, 3.8) is 0 Å². The number of ether oxygens (including phenoxy) is 1. The van der Waals surface area contributed by atoms with Gasteiger partial charge in [0.2, 0.25) is 0 Å². The highest BCUT2D eigenvalue weighted by Crippen LogP contribution is 2.23. The summed E-state index contributed by atoms with van der Waals surface area (Å²) < 4.78 is 19.2. The number of likely N-dealkylation sites (tertiary alicyclic amines) is 1. The van der Waals surface area contributed by atoms with Gasteiger partial charge in [-0.15, -0.1) is 0 Å². The number of phenols is 1. The molecule has 0 bridgehead atoms. The van der Waals surface area contributed by atoms with E-state index in [0.717, 1.165) is 12.8 Å². The number of benzene rings is 2. The average Bonchev–Trinajstić information content (AvgIpc) is 2.63. The number of piperidine rings is 1. The molecule has 1 aliphatic heterocycles. The van der Waals surface area contributed by atoms with Crippen molar-refractivity contribution in [3.05, 3.63) is 59.4 Å². The van der Waals surface area contributed by atoms with E-state index in [0.29, 0.717) is 30.8 Å². The van der Waals surface area contributed by atoms with Crippen LogP contribution in [-0.2, 0) is 0 Å². The van der Waals surface area contributed by atoms with Gasteiger partial charge < -0.3 is 14.7 Å². The van der Waals surface area contributed by atoms with E-state index in [4.69, 9.17) is 4.74 Å². The van der Waals surface area contributed by atoms with Crippen LogP contribution in [0, 0.1) is 18.7 Å². The molecular weight excluding hydrogens is 321 g/mol. The molecule has 25 heavy (non-hydrogen) atoms. The number of nitrogens with zero attached hydrogens (tertiary/aromatic N) is 1. The fourth-order valence-electron chi connectivity index (χ4n) is 3.13. The van der Waals surface area contributed by atoms with E-state index >= 15 is 0 Å². The van der Waals surface area contributed by atoms with Crippen molar-refractivity contribution in [2.24, 2.45) is 5.92 Å². The van der Waals surface area contributed by atoms with Gasteiger partial charge in [-0.25, -0.2) is 4.39 Å². The first kappa shape index (κ1) is 17.3. The lowest BCUT2D eigenvalue weighted by atomic mass is 9.98. The Bertz CT molecular complexity index is 762. The molecule has 0 aromatic heterocycles. The van der Waals surface area contributed by atoms with E-state index in [2.05, 4.69) is 0 Å². The number of amides is 1. The number of rotatable bonds is 4. The molecule has 2 aromatic rings. The third kappa shape index (κ3) is 4.10. The second-order valence-corrected chi connectivity index (χ2v) is 6.50. The predicted molar refractivity (Wildman–Crippen MR) is 93.4 cm³/mol. The van der Waals surface area contributed by atoms with Crippen molar-refractivity contribution in [2.45, 2.75) is 19.8 Å². The number of carbonyl (C=O) groups excluding carboxylic acids is 1. The van der Waals surface area contributed by atoms with Crippen molar-refractivity contribution in [1.82, 2.24) is 4.90 Å². The Morgan fingerprint density at radius 2 is 2.12 bits per heavy atom. The second-order valence-electron chi connectivity index (χ2n) is 6.50. The normalized spacial score (nSPS) is 17.4. The lowest BCUT2D eigenvalue weighted by molar-refractivity contribution is 0.0631. The second kappa shape index (κ2) is 7.55. The number of carbonyl (C=O) groups is 1. The monoisotopic (exact) mass is 343 g/mol. The SMILES string of the molecule is Cc1cc(C(=O)N2CCC[C@@H](COc3ccccc3F)C2)ccc1O. The van der Waals surface area contributed by atoms with Crippen LogP contribution in [0.2, 0.25) is 0 Å². The highest BCUT2D eigenvalue weighted by Gasteiger charge is 2.25. The van der Waals surface area contributed by atoms with Crippen LogP contribution in [0.5, 0.6) is 11.5 Å². The Hall–Kier alpha value is -2.56. The average molecular weight is 343 g/mol. The Kier molecular flexibility index (Phi) is 5.22. The van der Waals surface area contributed by atoms with Gasteiger partial charge >= 0.3 is 0 Å². The van der Waals surface area contributed by atoms with Crippen LogP contribution >= 0.6 is 0 Å². The molecule has 5 heteroatoms. The van der Waals surface area contributed by atoms with Gasteiger partial charge in [0.05, 0.1) is 6.61 Å². The molecule has 1 fully saturated rings. The Morgan fingerprint density at radius 3 is 2.88 bits per heavy atom. The van der Waals surface area contributed by atoms with Gasteiger partial charge in [0, 0.05) is 24.6 Å². The van der Waals surface area contributed by atoms with Crippen molar-refractivity contribution >= 4 is 5.91 Å². The minimum atomic E-state index is -0.370. The van der Waals surface area contributed by atoms with Gasteiger partial charge in [0.25, 0.3) is 5.91 Å². The first-order valence-corrected chi connectivity index (χ1v) is 8.51. The van der Waals surface area contributed by atoms with Crippen LogP contribution in [0.25, 0.3) is 0 Å². The molecule has 1 saturated heterocycles. The largest absolute Gasteiger partial charge is 0.508 e. The molecule has 0 saturated carbocycles. The zero-order valence-electron chi connectivity index (χ0n) is 14.2. The highest BCUT2D eigenvalue weighted by molar-refractivity contribution is 5.94. The van der Waals surface area contributed by atoms with Crippen LogP contribution < -0.4 is 4.74 Å². The maximum absolute atomic E-state index is 13.6. The summed E-state index contributed by atoms with van der Waals surface area (Å²) in [7, 11) is 0. The van der Waals surface area contributed by atoms with Crippen molar-refractivity contribution < 1.29 is 19.0 Å². The molecule has 0 aliphatic carbocycles. The van der Waals surface area contributed by atoms with Gasteiger partial charge in [-0.1, -0.05) is 12.1 Å².